The molecule has 1 aliphatic heterocycles. The SMILES string of the molecule is COC(CS)C1CCOC1. The highest BCUT2D eigenvalue weighted by Crippen LogP contribution is 2.19. The molecule has 0 spiro atoms. The van der Waals surface area contributed by atoms with Gasteiger partial charge in [0.05, 0.1) is 12.7 Å². The lowest BCUT2D eigenvalue weighted by atomic mass is 10.0. The number of ether oxygens (including phenoxy) is 2. The summed E-state index contributed by atoms with van der Waals surface area (Å²) in [6.45, 7) is 1.73. The molecule has 1 fully saturated rings. The minimum atomic E-state index is 0.283. The third kappa shape index (κ3) is 1.87. The summed E-state index contributed by atoms with van der Waals surface area (Å²) in [5, 5.41) is 0. The van der Waals surface area contributed by atoms with Crippen LogP contribution >= 0.6 is 12.6 Å². The number of methoxy groups -OCH3 is 1. The van der Waals surface area contributed by atoms with Gasteiger partial charge < -0.3 is 9.47 Å². The van der Waals surface area contributed by atoms with E-state index in [0.717, 1.165) is 25.4 Å². The predicted molar refractivity (Wildman–Crippen MR) is 43.6 cm³/mol. The van der Waals surface area contributed by atoms with E-state index < -0.39 is 0 Å². The summed E-state index contributed by atoms with van der Waals surface area (Å²) in [5.41, 5.74) is 0. The van der Waals surface area contributed by atoms with E-state index in [1.807, 2.05) is 0 Å². The Morgan fingerprint density at radius 1 is 1.80 bits per heavy atom. The lowest BCUT2D eigenvalue weighted by molar-refractivity contribution is 0.0626. The van der Waals surface area contributed by atoms with Crippen LogP contribution in [0.2, 0.25) is 0 Å². The van der Waals surface area contributed by atoms with Crippen molar-refractivity contribution in [2.45, 2.75) is 12.5 Å². The molecule has 0 radical (unpaired) electrons. The standard InChI is InChI=1S/C7H14O2S/c1-8-7(5-10)6-2-3-9-4-6/h6-7,10H,2-5H2,1H3. The van der Waals surface area contributed by atoms with Gasteiger partial charge in [0.1, 0.15) is 0 Å². The molecule has 0 aromatic heterocycles. The Bertz CT molecular complexity index is 87.6. The maximum absolute atomic E-state index is 5.23. The summed E-state index contributed by atoms with van der Waals surface area (Å²) in [7, 11) is 1.74. The van der Waals surface area contributed by atoms with E-state index in [-0.39, 0.29) is 6.10 Å². The first kappa shape index (κ1) is 8.37. The molecule has 3 heteroatoms. The third-order valence-electron chi connectivity index (χ3n) is 1.97. The van der Waals surface area contributed by atoms with Crippen molar-refractivity contribution in [2.24, 2.45) is 5.92 Å². The van der Waals surface area contributed by atoms with E-state index in [4.69, 9.17) is 9.47 Å². The molecular weight excluding hydrogens is 148 g/mol. The van der Waals surface area contributed by atoms with Crippen LogP contribution in [0.25, 0.3) is 0 Å². The Morgan fingerprint density at radius 2 is 2.60 bits per heavy atom. The van der Waals surface area contributed by atoms with Crippen molar-refractivity contribution in [3.8, 4) is 0 Å². The van der Waals surface area contributed by atoms with Crippen LogP contribution < -0.4 is 0 Å². The Kier molecular flexibility index (Phi) is 3.52. The fraction of sp³-hybridized carbons (Fsp3) is 1.00. The summed E-state index contributed by atoms with van der Waals surface area (Å²) in [6.07, 6.45) is 1.41. The topological polar surface area (TPSA) is 18.5 Å². The van der Waals surface area contributed by atoms with E-state index in [9.17, 15) is 0 Å². The average molecular weight is 162 g/mol. The van der Waals surface area contributed by atoms with Crippen molar-refractivity contribution < 1.29 is 9.47 Å². The van der Waals surface area contributed by atoms with Gasteiger partial charge in [-0.2, -0.15) is 12.6 Å². The van der Waals surface area contributed by atoms with E-state index in [2.05, 4.69) is 12.6 Å². The number of thiol groups is 1. The number of rotatable bonds is 3. The van der Waals surface area contributed by atoms with Gasteiger partial charge in [-0.05, 0) is 6.42 Å². The van der Waals surface area contributed by atoms with Crippen LogP contribution in [0.15, 0.2) is 0 Å². The predicted octanol–water partition coefficient (Wildman–Crippen LogP) is 0.968. The molecule has 10 heavy (non-hydrogen) atoms. The van der Waals surface area contributed by atoms with Crippen molar-refractivity contribution in [1.82, 2.24) is 0 Å². The van der Waals surface area contributed by atoms with Crippen LogP contribution in [0.3, 0.4) is 0 Å². The van der Waals surface area contributed by atoms with Gasteiger partial charge in [-0.15, -0.1) is 0 Å². The number of hydrogen-bond acceptors (Lipinski definition) is 3. The van der Waals surface area contributed by atoms with Crippen molar-refractivity contribution in [1.29, 1.82) is 0 Å². The zero-order valence-corrected chi connectivity index (χ0v) is 7.14. The van der Waals surface area contributed by atoms with E-state index >= 15 is 0 Å². The molecule has 0 bridgehead atoms. The second kappa shape index (κ2) is 4.21. The summed E-state index contributed by atoms with van der Waals surface area (Å²) in [5.74, 6) is 1.37. The van der Waals surface area contributed by atoms with Crippen molar-refractivity contribution >= 4 is 12.6 Å². The molecule has 1 heterocycles. The molecule has 0 saturated carbocycles. The summed E-state index contributed by atoms with van der Waals surface area (Å²) >= 11 is 4.19. The Hall–Kier alpha value is 0.270. The zero-order valence-electron chi connectivity index (χ0n) is 6.25. The summed E-state index contributed by atoms with van der Waals surface area (Å²) in [6, 6.07) is 0. The molecule has 60 valence electrons. The first-order valence-corrected chi connectivity index (χ1v) is 4.23. The third-order valence-corrected chi connectivity index (χ3v) is 2.33. The molecule has 0 N–H and O–H groups in total. The van der Waals surface area contributed by atoms with Crippen LogP contribution in [0.4, 0.5) is 0 Å². The van der Waals surface area contributed by atoms with Crippen molar-refractivity contribution in [3.05, 3.63) is 0 Å². The van der Waals surface area contributed by atoms with E-state index in [1.165, 1.54) is 0 Å². The van der Waals surface area contributed by atoms with E-state index in [1.54, 1.807) is 7.11 Å². The van der Waals surface area contributed by atoms with E-state index in [0.29, 0.717) is 5.92 Å². The lowest BCUT2D eigenvalue weighted by Crippen LogP contribution is -2.24. The molecule has 1 aliphatic rings. The minimum Gasteiger partial charge on any atom is -0.381 e. The maximum atomic E-state index is 5.23. The largest absolute Gasteiger partial charge is 0.381 e. The molecule has 0 aromatic rings. The van der Waals surface area contributed by atoms with Crippen LogP contribution in [0.1, 0.15) is 6.42 Å². The van der Waals surface area contributed by atoms with Gasteiger partial charge in [-0.3, -0.25) is 0 Å². The first-order valence-electron chi connectivity index (χ1n) is 3.60. The van der Waals surface area contributed by atoms with Gasteiger partial charge in [0.2, 0.25) is 0 Å². The minimum absolute atomic E-state index is 0.283. The molecule has 0 aromatic carbocycles. The first-order chi connectivity index (χ1) is 4.88. The fourth-order valence-electron chi connectivity index (χ4n) is 1.26. The molecule has 2 atom stereocenters. The lowest BCUT2D eigenvalue weighted by Gasteiger charge is -2.17. The van der Waals surface area contributed by atoms with Crippen LogP contribution in [-0.4, -0.2) is 32.2 Å². The molecule has 2 nitrogen and oxygen atoms in total. The monoisotopic (exact) mass is 162 g/mol. The van der Waals surface area contributed by atoms with Gasteiger partial charge in [0, 0.05) is 25.4 Å². The molecule has 1 rings (SSSR count). The highest BCUT2D eigenvalue weighted by Gasteiger charge is 2.24. The van der Waals surface area contributed by atoms with Gasteiger partial charge in [0.25, 0.3) is 0 Å². The summed E-state index contributed by atoms with van der Waals surface area (Å²) < 4.78 is 10.5. The quantitative estimate of drug-likeness (QED) is 0.623. The normalized spacial score (nSPS) is 28.8. The smallest absolute Gasteiger partial charge is 0.0710 e. The highest BCUT2D eigenvalue weighted by atomic mass is 32.1. The second-order valence-electron chi connectivity index (χ2n) is 2.58. The van der Waals surface area contributed by atoms with Gasteiger partial charge >= 0.3 is 0 Å². The molecule has 0 amide bonds. The Balaban J connectivity index is 2.29. The maximum Gasteiger partial charge on any atom is 0.0710 e. The van der Waals surface area contributed by atoms with Crippen molar-refractivity contribution in [2.75, 3.05) is 26.1 Å². The van der Waals surface area contributed by atoms with Crippen molar-refractivity contribution in [3.63, 3.8) is 0 Å². The van der Waals surface area contributed by atoms with Crippen LogP contribution in [0.5, 0.6) is 0 Å². The Labute approximate surface area is 67.3 Å². The van der Waals surface area contributed by atoms with Gasteiger partial charge in [0.15, 0.2) is 0 Å². The summed E-state index contributed by atoms with van der Waals surface area (Å²) in [4.78, 5) is 0. The Morgan fingerprint density at radius 3 is 3.00 bits per heavy atom. The second-order valence-corrected chi connectivity index (χ2v) is 2.95. The fourth-order valence-corrected chi connectivity index (χ4v) is 1.71. The average Bonchev–Trinajstić information content (AvgIpc) is 2.43. The molecular formula is C7H14O2S. The highest BCUT2D eigenvalue weighted by molar-refractivity contribution is 7.80. The van der Waals surface area contributed by atoms with Gasteiger partial charge in [-0.25, -0.2) is 0 Å². The van der Waals surface area contributed by atoms with Crippen LogP contribution in [-0.2, 0) is 9.47 Å². The number of hydrogen-bond donors (Lipinski definition) is 1. The van der Waals surface area contributed by atoms with Crippen LogP contribution in [0, 0.1) is 5.92 Å². The van der Waals surface area contributed by atoms with Gasteiger partial charge in [-0.1, -0.05) is 0 Å². The zero-order chi connectivity index (χ0) is 7.40. The molecule has 0 aliphatic carbocycles. The molecule has 1 saturated heterocycles. The molecule has 2 unspecified atom stereocenters.